The lowest BCUT2D eigenvalue weighted by molar-refractivity contribution is -0.142. The fraction of sp³-hybridized carbons (Fsp3) is 0.333. The SMILES string of the molecule is CCOC(=O)CCNc1ccc(Br)cc1C(N)=O. The summed E-state index contributed by atoms with van der Waals surface area (Å²) >= 11 is 3.27. The van der Waals surface area contributed by atoms with Gasteiger partial charge >= 0.3 is 5.97 Å². The number of nitrogens with one attached hydrogen (secondary N) is 1. The van der Waals surface area contributed by atoms with Crippen molar-refractivity contribution in [1.29, 1.82) is 0 Å². The first-order valence-electron chi connectivity index (χ1n) is 5.53. The number of amides is 1. The van der Waals surface area contributed by atoms with Gasteiger partial charge < -0.3 is 15.8 Å². The van der Waals surface area contributed by atoms with Gasteiger partial charge in [-0.15, -0.1) is 0 Å². The topological polar surface area (TPSA) is 81.4 Å². The summed E-state index contributed by atoms with van der Waals surface area (Å²) < 4.78 is 5.57. The maximum Gasteiger partial charge on any atom is 0.307 e. The molecule has 0 radical (unpaired) electrons. The maximum absolute atomic E-state index is 11.2. The van der Waals surface area contributed by atoms with Crippen LogP contribution >= 0.6 is 15.9 Å². The fourth-order valence-corrected chi connectivity index (χ4v) is 1.77. The van der Waals surface area contributed by atoms with E-state index in [0.29, 0.717) is 24.4 Å². The van der Waals surface area contributed by atoms with Gasteiger partial charge in [0.2, 0.25) is 0 Å². The summed E-state index contributed by atoms with van der Waals surface area (Å²) in [6.45, 7) is 2.51. The lowest BCUT2D eigenvalue weighted by Gasteiger charge is -2.10. The fourth-order valence-electron chi connectivity index (χ4n) is 1.41. The van der Waals surface area contributed by atoms with Gasteiger partial charge in [0.25, 0.3) is 5.91 Å². The van der Waals surface area contributed by atoms with Gasteiger partial charge in [-0.3, -0.25) is 9.59 Å². The van der Waals surface area contributed by atoms with Crippen LogP contribution in [0.4, 0.5) is 5.69 Å². The predicted octanol–water partition coefficient (Wildman–Crippen LogP) is 1.91. The highest BCUT2D eigenvalue weighted by atomic mass is 79.9. The quantitative estimate of drug-likeness (QED) is 0.786. The Labute approximate surface area is 114 Å². The van der Waals surface area contributed by atoms with Crippen LogP contribution in [0.1, 0.15) is 23.7 Å². The molecule has 6 heteroatoms. The van der Waals surface area contributed by atoms with Crippen LogP contribution in [0.2, 0.25) is 0 Å². The van der Waals surface area contributed by atoms with Crippen molar-refractivity contribution in [2.24, 2.45) is 5.73 Å². The molecule has 1 rings (SSSR count). The van der Waals surface area contributed by atoms with Crippen molar-refractivity contribution in [3.63, 3.8) is 0 Å². The van der Waals surface area contributed by atoms with Crippen molar-refractivity contribution in [1.82, 2.24) is 0 Å². The van der Waals surface area contributed by atoms with Crippen LogP contribution in [0.25, 0.3) is 0 Å². The van der Waals surface area contributed by atoms with Gasteiger partial charge in [-0.25, -0.2) is 0 Å². The van der Waals surface area contributed by atoms with E-state index in [1.54, 1.807) is 25.1 Å². The van der Waals surface area contributed by atoms with Crippen molar-refractivity contribution in [2.75, 3.05) is 18.5 Å². The number of ether oxygens (including phenoxy) is 1. The maximum atomic E-state index is 11.2. The largest absolute Gasteiger partial charge is 0.466 e. The van der Waals surface area contributed by atoms with Crippen LogP contribution in [0.15, 0.2) is 22.7 Å². The second-order valence-electron chi connectivity index (χ2n) is 3.54. The minimum Gasteiger partial charge on any atom is -0.466 e. The Morgan fingerprint density at radius 3 is 2.78 bits per heavy atom. The molecule has 0 fully saturated rings. The second kappa shape index (κ2) is 7.00. The number of benzene rings is 1. The Kier molecular flexibility index (Phi) is 5.64. The number of anilines is 1. The van der Waals surface area contributed by atoms with Crippen LogP contribution in [0, 0.1) is 0 Å². The first kappa shape index (κ1) is 14.5. The van der Waals surface area contributed by atoms with Crippen molar-refractivity contribution >= 4 is 33.5 Å². The number of esters is 1. The van der Waals surface area contributed by atoms with Crippen LogP contribution in [-0.2, 0) is 9.53 Å². The lowest BCUT2D eigenvalue weighted by atomic mass is 10.1. The average Bonchev–Trinajstić information content (AvgIpc) is 2.31. The van der Waals surface area contributed by atoms with E-state index in [1.165, 1.54) is 0 Å². The van der Waals surface area contributed by atoms with Crippen LogP contribution in [-0.4, -0.2) is 25.0 Å². The predicted molar refractivity (Wildman–Crippen MR) is 72.4 cm³/mol. The van der Waals surface area contributed by atoms with E-state index in [4.69, 9.17) is 10.5 Å². The van der Waals surface area contributed by atoms with E-state index in [0.717, 1.165) is 4.47 Å². The number of primary amides is 1. The van der Waals surface area contributed by atoms with Gasteiger partial charge in [0.05, 0.1) is 18.6 Å². The molecule has 0 saturated heterocycles. The minimum absolute atomic E-state index is 0.238. The Morgan fingerprint density at radius 1 is 1.44 bits per heavy atom. The van der Waals surface area contributed by atoms with Gasteiger partial charge in [-0.2, -0.15) is 0 Å². The Hall–Kier alpha value is -1.56. The van der Waals surface area contributed by atoms with Crippen LogP contribution in [0.5, 0.6) is 0 Å². The molecule has 5 nitrogen and oxygen atoms in total. The Balaban J connectivity index is 2.62. The molecule has 1 aromatic carbocycles. The first-order valence-corrected chi connectivity index (χ1v) is 6.32. The molecule has 3 N–H and O–H groups in total. The number of halogens is 1. The smallest absolute Gasteiger partial charge is 0.307 e. The molecule has 0 spiro atoms. The number of hydrogen-bond acceptors (Lipinski definition) is 4. The highest BCUT2D eigenvalue weighted by Gasteiger charge is 2.09. The molecule has 0 aliphatic carbocycles. The molecule has 0 aliphatic heterocycles. The zero-order valence-corrected chi connectivity index (χ0v) is 11.6. The monoisotopic (exact) mass is 314 g/mol. The summed E-state index contributed by atoms with van der Waals surface area (Å²) in [5, 5.41) is 2.99. The summed E-state index contributed by atoms with van der Waals surface area (Å²) in [5.74, 6) is -0.794. The molecule has 0 bridgehead atoms. The van der Waals surface area contributed by atoms with Crippen molar-refractivity contribution in [2.45, 2.75) is 13.3 Å². The standard InChI is InChI=1S/C12H15BrN2O3/c1-2-18-11(16)5-6-15-10-4-3-8(13)7-9(10)12(14)17/h3-4,7,15H,2,5-6H2,1H3,(H2,14,17). The summed E-state index contributed by atoms with van der Waals surface area (Å²) in [4.78, 5) is 22.4. The molecule has 0 atom stereocenters. The first-order chi connectivity index (χ1) is 8.54. The highest BCUT2D eigenvalue weighted by Crippen LogP contribution is 2.20. The van der Waals surface area contributed by atoms with Gasteiger partial charge in [0, 0.05) is 16.7 Å². The van der Waals surface area contributed by atoms with Gasteiger partial charge in [0.1, 0.15) is 0 Å². The second-order valence-corrected chi connectivity index (χ2v) is 4.45. The van der Waals surface area contributed by atoms with Gasteiger partial charge in [-0.1, -0.05) is 15.9 Å². The van der Waals surface area contributed by atoms with Crippen LogP contribution < -0.4 is 11.1 Å². The highest BCUT2D eigenvalue weighted by molar-refractivity contribution is 9.10. The molecule has 18 heavy (non-hydrogen) atoms. The number of hydrogen-bond donors (Lipinski definition) is 2. The molecule has 1 amide bonds. The number of carbonyl (C=O) groups excluding carboxylic acids is 2. The number of rotatable bonds is 6. The van der Waals surface area contributed by atoms with E-state index < -0.39 is 5.91 Å². The molecule has 0 saturated carbocycles. The normalized spacial score (nSPS) is 9.89. The average molecular weight is 315 g/mol. The molecule has 0 unspecified atom stereocenters. The third-order valence-corrected chi connectivity index (χ3v) is 2.69. The zero-order valence-electron chi connectivity index (χ0n) is 10.0. The summed E-state index contributed by atoms with van der Waals surface area (Å²) in [6.07, 6.45) is 0.238. The van der Waals surface area contributed by atoms with Gasteiger partial charge in [-0.05, 0) is 25.1 Å². The molecular weight excluding hydrogens is 300 g/mol. The Morgan fingerprint density at radius 2 is 2.17 bits per heavy atom. The van der Waals surface area contributed by atoms with Crippen molar-refractivity contribution in [3.05, 3.63) is 28.2 Å². The molecular formula is C12H15BrN2O3. The summed E-state index contributed by atoms with van der Waals surface area (Å²) in [6, 6.07) is 5.16. The summed E-state index contributed by atoms with van der Waals surface area (Å²) in [7, 11) is 0. The third-order valence-electron chi connectivity index (χ3n) is 2.20. The number of carbonyl (C=O) groups is 2. The van der Waals surface area contributed by atoms with Crippen molar-refractivity contribution < 1.29 is 14.3 Å². The minimum atomic E-state index is -0.519. The van der Waals surface area contributed by atoms with E-state index in [-0.39, 0.29) is 12.4 Å². The lowest BCUT2D eigenvalue weighted by Crippen LogP contribution is -2.16. The van der Waals surface area contributed by atoms with Crippen molar-refractivity contribution in [3.8, 4) is 0 Å². The molecule has 98 valence electrons. The third kappa shape index (κ3) is 4.37. The van der Waals surface area contributed by atoms with Gasteiger partial charge in [0.15, 0.2) is 0 Å². The zero-order chi connectivity index (χ0) is 13.5. The Bertz CT molecular complexity index is 449. The molecule has 0 heterocycles. The van der Waals surface area contributed by atoms with Crippen LogP contribution in [0.3, 0.4) is 0 Å². The molecule has 0 aromatic heterocycles. The number of nitrogens with two attached hydrogens (primary N) is 1. The van der Waals surface area contributed by atoms with E-state index in [9.17, 15) is 9.59 Å². The van der Waals surface area contributed by atoms with E-state index in [1.807, 2.05) is 0 Å². The summed E-state index contributed by atoms with van der Waals surface area (Å²) in [5.41, 5.74) is 6.26. The van der Waals surface area contributed by atoms with E-state index in [2.05, 4.69) is 21.2 Å². The van der Waals surface area contributed by atoms with E-state index >= 15 is 0 Å². The molecule has 0 aliphatic rings. The molecule has 1 aromatic rings.